The molecule has 8 heteroatoms. The van der Waals surface area contributed by atoms with Crippen LogP contribution in [0.4, 0.5) is 0 Å². The smallest absolute Gasteiger partial charge is 0.276 e. The summed E-state index contributed by atoms with van der Waals surface area (Å²) in [6, 6.07) is 6.30. The first-order chi connectivity index (χ1) is 12.5. The molecule has 138 valence electrons. The molecular formula is C18H22N4O3S. The number of hydrogen-bond donors (Lipinski definition) is 1. The number of fused-ring (bicyclic) bond motifs is 1. The standard InChI is InChI=1S/C18H22N4O3S/c19-26(23,24)22-9-7-18(8-10-22)11-15(18)16-20-17(25-21-16)14-6-2-4-12-3-1-5-13(12)14/h2,4,6,15H,1,3,5,7-11H2,(H2,19,23,24)/t15-/m0/s1. The summed E-state index contributed by atoms with van der Waals surface area (Å²) >= 11 is 0. The summed E-state index contributed by atoms with van der Waals surface area (Å²) in [5.74, 6) is 1.64. The molecule has 1 atom stereocenters. The van der Waals surface area contributed by atoms with Gasteiger partial charge < -0.3 is 4.52 Å². The lowest BCUT2D eigenvalue weighted by Crippen LogP contribution is -2.43. The molecule has 1 aromatic heterocycles. The van der Waals surface area contributed by atoms with Gasteiger partial charge in [0.2, 0.25) is 0 Å². The number of rotatable bonds is 3. The van der Waals surface area contributed by atoms with E-state index in [1.54, 1.807) is 0 Å². The van der Waals surface area contributed by atoms with Crippen molar-refractivity contribution in [3.8, 4) is 11.5 Å². The summed E-state index contributed by atoms with van der Waals surface area (Å²) in [7, 11) is -3.58. The molecule has 2 N–H and O–H groups in total. The van der Waals surface area contributed by atoms with Crippen LogP contribution in [0.3, 0.4) is 0 Å². The Morgan fingerprint density at radius 3 is 2.81 bits per heavy atom. The van der Waals surface area contributed by atoms with Crippen LogP contribution in [-0.2, 0) is 23.1 Å². The van der Waals surface area contributed by atoms with E-state index in [4.69, 9.17) is 14.6 Å². The van der Waals surface area contributed by atoms with Crippen molar-refractivity contribution in [3.63, 3.8) is 0 Å². The molecule has 0 unspecified atom stereocenters. The van der Waals surface area contributed by atoms with Crippen LogP contribution in [0.15, 0.2) is 22.7 Å². The average Bonchev–Trinajstić information content (AvgIpc) is 3.02. The lowest BCUT2D eigenvalue weighted by molar-refractivity contribution is 0.249. The lowest BCUT2D eigenvalue weighted by atomic mass is 9.92. The van der Waals surface area contributed by atoms with Crippen LogP contribution < -0.4 is 5.14 Å². The number of aromatic nitrogens is 2. The first-order valence-corrected chi connectivity index (χ1v) is 10.7. The van der Waals surface area contributed by atoms with Gasteiger partial charge in [-0.15, -0.1) is 0 Å². The van der Waals surface area contributed by atoms with Gasteiger partial charge in [-0.1, -0.05) is 17.3 Å². The minimum absolute atomic E-state index is 0.112. The van der Waals surface area contributed by atoms with Gasteiger partial charge in [-0.2, -0.15) is 17.7 Å². The number of hydrogen-bond acceptors (Lipinski definition) is 5. The third-order valence-electron chi connectivity index (χ3n) is 6.40. The second kappa shape index (κ2) is 5.61. The molecule has 2 fully saturated rings. The van der Waals surface area contributed by atoms with E-state index in [1.807, 2.05) is 0 Å². The molecule has 7 nitrogen and oxygen atoms in total. The monoisotopic (exact) mass is 374 g/mol. The number of piperidine rings is 1. The van der Waals surface area contributed by atoms with E-state index in [1.165, 1.54) is 21.9 Å². The molecule has 5 rings (SSSR count). The van der Waals surface area contributed by atoms with Crippen molar-refractivity contribution in [1.29, 1.82) is 0 Å². The van der Waals surface area contributed by atoms with Crippen molar-refractivity contribution >= 4 is 10.2 Å². The van der Waals surface area contributed by atoms with Gasteiger partial charge in [0, 0.05) is 24.6 Å². The van der Waals surface area contributed by atoms with Gasteiger partial charge >= 0.3 is 0 Å². The van der Waals surface area contributed by atoms with Crippen molar-refractivity contribution in [3.05, 3.63) is 35.2 Å². The van der Waals surface area contributed by atoms with Crippen molar-refractivity contribution in [2.45, 2.75) is 44.4 Å². The van der Waals surface area contributed by atoms with Gasteiger partial charge in [0.05, 0.1) is 0 Å². The van der Waals surface area contributed by atoms with Crippen LogP contribution in [0.1, 0.15) is 48.6 Å². The summed E-state index contributed by atoms with van der Waals surface area (Å²) in [5.41, 5.74) is 3.91. The van der Waals surface area contributed by atoms with Crippen molar-refractivity contribution in [1.82, 2.24) is 14.4 Å². The minimum atomic E-state index is -3.58. The van der Waals surface area contributed by atoms with Crippen LogP contribution in [0.25, 0.3) is 11.5 Å². The predicted octanol–water partition coefficient (Wildman–Crippen LogP) is 2.00. The molecule has 0 bridgehead atoms. The first kappa shape index (κ1) is 16.4. The van der Waals surface area contributed by atoms with Crippen LogP contribution in [0.2, 0.25) is 0 Å². The zero-order valence-electron chi connectivity index (χ0n) is 14.5. The van der Waals surface area contributed by atoms with Crippen LogP contribution in [0.5, 0.6) is 0 Å². The van der Waals surface area contributed by atoms with Gasteiger partial charge in [-0.05, 0) is 61.1 Å². The molecule has 1 spiro atoms. The number of aryl methyl sites for hydroxylation is 1. The third-order valence-corrected chi connectivity index (χ3v) is 7.48. The van der Waals surface area contributed by atoms with Crippen molar-refractivity contribution in [2.24, 2.45) is 10.6 Å². The summed E-state index contributed by atoms with van der Waals surface area (Å²) in [4.78, 5) is 4.70. The fourth-order valence-corrected chi connectivity index (χ4v) is 5.45. The van der Waals surface area contributed by atoms with Gasteiger partial charge in [0.1, 0.15) is 0 Å². The normalized spacial score (nSPS) is 24.7. The van der Waals surface area contributed by atoms with E-state index in [0.29, 0.717) is 19.0 Å². The quantitative estimate of drug-likeness (QED) is 0.885. The Balaban J connectivity index is 1.35. The number of benzene rings is 1. The van der Waals surface area contributed by atoms with Crippen LogP contribution in [-0.4, -0.2) is 36.0 Å². The third kappa shape index (κ3) is 2.59. The molecule has 2 aromatic rings. The van der Waals surface area contributed by atoms with Crippen LogP contribution in [0, 0.1) is 5.41 Å². The highest BCUT2D eigenvalue weighted by Gasteiger charge is 2.58. The fraction of sp³-hybridized carbons (Fsp3) is 0.556. The maximum absolute atomic E-state index is 11.5. The maximum Gasteiger partial charge on any atom is 0.276 e. The van der Waals surface area contributed by atoms with Gasteiger partial charge in [-0.3, -0.25) is 0 Å². The van der Waals surface area contributed by atoms with Crippen molar-refractivity contribution < 1.29 is 12.9 Å². The number of nitrogens with two attached hydrogens (primary N) is 1. The van der Waals surface area contributed by atoms with E-state index >= 15 is 0 Å². The Morgan fingerprint density at radius 2 is 2.04 bits per heavy atom. The first-order valence-electron chi connectivity index (χ1n) is 9.19. The Morgan fingerprint density at radius 1 is 1.23 bits per heavy atom. The Hall–Kier alpha value is -1.77. The summed E-state index contributed by atoms with van der Waals surface area (Å²) in [5, 5.41) is 9.49. The maximum atomic E-state index is 11.5. The predicted molar refractivity (Wildman–Crippen MR) is 95.5 cm³/mol. The fourth-order valence-electron chi connectivity index (χ4n) is 4.76. The Bertz CT molecular complexity index is 961. The topological polar surface area (TPSA) is 102 Å². The van der Waals surface area contributed by atoms with E-state index in [-0.39, 0.29) is 11.3 Å². The highest BCUT2D eigenvalue weighted by Crippen LogP contribution is 2.64. The zero-order valence-corrected chi connectivity index (χ0v) is 15.3. The SMILES string of the molecule is NS(=O)(=O)N1CCC2(CC1)C[C@H]2c1noc(-c2cccc3c2CCC3)n1. The van der Waals surface area contributed by atoms with E-state index in [0.717, 1.165) is 43.5 Å². The minimum Gasteiger partial charge on any atom is -0.334 e. The molecule has 0 radical (unpaired) electrons. The molecule has 1 saturated heterocycles. The summed E-state index contributed by atoms with van der Waals surface area (Å²) in [6.45, 7) is 0.957. The molecule has 1 aliphatic heterocycles. The van der Waals surface area contributed by atoms with Crippen LogP contribution >= 0.6 is 0 Å². The Kier molecular flexibility index (Phi) is 3.54. The zero-order chi connectivity index (χ0) is 17.9. The van der Waals surface area contributed by atoms with Crippen molar-refractivity contribution in [2.75, 3.05) is 13.1 Å². The molecule has 2 heterocycles. The second-order valence-electron chi connectivity index (χ2n) is 7.82. The highest BCUT2D eigenvalue weighted by atomic mass is 32.2. The Labute approximate surface area is 152 Å². The molecule has 26 heavy (non-hydrogen) atoms. The lowest BCUT2D eigenvalue weighted by Gasteiger charge is -2.30. The van der Waals surface area contributed by atoms with E-state index in [9.17, 15) is 8.42 Å². The van der Waals surface area contributed by atoms with Gasteiger partial charge in [0.15, 0.2) is 5.82 Å². The molecule has 3 aliphatic rings. The highest BCUT2D eigenvalue weighted by molar-refractivity contribution is 7.86. The molecule has 2 aliphatic carbocycles. The van der Waals surface area contributed by atoms with E-state index in [2.05, 4.69) is 23.4 Å². The molecule has 1 saturated carbocycles. The average molecular weight is 374 g/mol. The summed E-state index contributed by atoms with van der Waals surface area (Å²) < 4.78 is 29.9. The number of nitrogens with zero attached hydrogens (tertiary/aromatic N) is 3. The van der Waals surface area contributed by atoms with E-state index < -0.39 is 10.2 Å². The molecule has 0 amide bonds. The summed E-state index contributed by atoms with van der Waals surface area (Å²) in [6.07, 6.45) is 5.98. The largest absolute Gasteiger partial charge is 0.334 e. The van der Waals surface area contributed by atoms with Gasteiger partial charge in [-0.25, -0.2) is 5.14 Å². The molecular weight excluding hydrogens is 352 g/mol. The molecule has 1 aromatic carbocycles. The second-order valence-corrected chi connectivity index (χ2v) is 9.36. The van der Waals surface area contributed by atoms with Gasteiger partial charge in [0.25, 0.3) is 16.1 Å².